The Morgan fingerprint density at radius 2 is 1.97 bits per heavy atom. The zero-order chi connectivity index (χ0) is 24.1. The standard InChI is InChI=1S/C25H29FN4O4/c26-19-7-4-8-20-18(19)13-22(29-20)25(34)30-21(11-15-5-2-1-3-6-15)24(33)28-17(14-31)12-16-9-10-27-23(16)32/h4,7-8,12-15,17,21,29H,1-3,5-6,9-11H2,(H,27,32)(H,28,33)(H,30,34)/b16-12+/t17-,21-/m0/s1. The fourth-order valence-corrected chi connectivity index (χ4v) is 4.76. The molecule has 4 N–H and O–H groups in total. The molecule has 2 fully saturated rings. The van der Waals surface area contributed by atoms with Crippen molar-refractivity contribution in [2.75, 3.05) is 6.54 Å². The molecule has 4 rings (SSSR count). The molecule has 3 amide bonds. The summed E-state index contributed by atoms with van der Waals surface area (Å²) >= 11 is 0. The number of aldehydes is 1. The number of nitrogens with one attached hydrogen (secondary N) is 4. The summed E-state index contributed by atoms with van der Waals surface area (Å²) in [5.74, 6) is -1.43. The molecule has 1 saturated heterocycles. The van der Waals surface area contributed by atoms with Crippen LogP contribution in [-0.2, 0) is 14.4 Å². The van der Waals surface area contributed by atoms with Crippen LogP contribution in [0.5, 0.6) is 0 Å². The summed E-state index contributed by atoms with van der Waals surface area (Å²) in [7, 11) is 0. The van der Waals surface area contributed by atoms with Gasteiger partial charge in [0.05, 0.1) is 0 Å². The minimum Gasteiger partial charge on any atom is -0.352 e. The lowest BCUT2D eigenvalue weighted by molar-refractivity contribution is -0.125. The first-order valence-corrected chi connectivity index (χ1v) is 11.8. The van der Waals surface area contributed by atoms with E-state index in [9.17, 15) is 23.6 Å². The normalized spacial score (nSPS) is 19.6. The molecule has 0 spiro atoms. The number of carbonyl (C=O) groups is 4. The number of aromatic nitrogens is 1. The maximum absolute atomic E-state index is 14.1. The summed E-state index contributed by atoms with van der Waals surface area (Å²) in [5, 5.41) is 8.38. The smallest absolute Gasteiger partial charge is 0.268 e. The van der Waals surface area contributed by atoms with E-state index in [2.05, 4.69) is 20.9 Å². The first kappa shape index (κ1) is 23.7. The SMILES string of the molecule is O=C[C@H](/C=C1\CCNC1=O)NC(=O)[C@H](CC1CCCCC1)NC(=O)c1cc2c(F)cccc2[nH]1. The Hall–Kier alpha value is -3.49. The predicted molar refractivity (Wildman–Crippen MR) is 124 cm³/mol. The number of aromatic amines is 1. The number of fused-ring (bicyclic) bond motifs is 1. The van der Waals surface area contributed by atoms with Gasteiger partial charge in [0, 0.05) is 23.0 Å². The van der Waals surface area contributed by atoms with Gasteiger partial charge in [0.2, 0.25) is 11.8 Å². The third-order valence-electron chi connectivity index (χ3n) is 6.58. The van der Waals surface area contributed by atoms with Gasteiger partial charge >= 0.3 is 0 Å². The maximum Gasteiger partial charge on any atom is 0.268 e. The Kier molecular flexibility index (Phi) is 7.40. The summed E-state index contributed by atoms with van der Waals surface area (Å²) in [5.41, 5.74) is 1.09. The number of halogens is 1. The molecular formula is C25H29FN4O4. The van der Waals surface area contributed by atoms with Gasteiger partial charge in [-0.25, -0.2) is 4.39 Å². The van der Waals surface area contributed by atoms with Crippen LogP contribution in [-0.4, -0.2) is 47.6 Å². The molecule has 0 radical (unpaired) electrons. The van der Waals surface area contributed by atoms with Gasteiger partial charge in [0.15, 0.2) is 0 Å². The molecule has 0 bridgehead atoms. The van der Waals surface area contributed by atoms with Gasteiger partial charge in [0.25, 0.3) is 5.91 Å². The monoisotopic (exact) mass is 468 g/mol. The van der Waals surface area contributed by atoms with Crippen LogP contribution in [0.1, 0.15) is 55.4 Å². The number of hydrogen-bond donors (Lipinski definition) is 4. The number of benzene rings is 1. The molecule has 1 aromatic carbocycles. The summed E-state index contributed by atoms with van der Waals surface area (Å²) in [4.78, 5) is 52.4. The third kappa shape index (κ3) is 5.52. The second-order valence-electron chi connectivity index (χ2n) is 9.02. The molecule has 2 atom stereocenters. The van der Waals surface area contributed by atoms with E-state index in [0.29, 0.717) is 42.1 Å². The molecule has 2 aromatic rings. The van der Waals surface area contributed by atoms with Crippen molar-refractivity contribution in [2.24, 2.45) is 5.92 Å². The van der Waals surface area contributed by atoms with Gasteiger partial charge < -0.3 is 25.7 Å². The molecule has 34 heavy (non-hydrogen) atoms. The van der Waals surface area contributed by atoms with Crippen molar-refractivity contribution in [3.63, 3.8) is 0 Å². The Morgan fingerprint density at radius 1 is 1.18 bits per heavy atom. The Morgan fingerprint density at radius 3 is 2.65 bits per heavy atom. The lowest BCUT2D eigenvalue weighted by atomic mass is 9.84. The average molecular weight is 469 g/mol. The molecule has 1 aliphatic carbocycles. The van der Waals surface area contributed by atoms with Crippen molar-refractivity contribution in [2.45, 2.75) is 57.0 Å². The molecule has 9 heteroatoms. The van der Waals surface area contributed by atoms with Gasteiger partial charge in [-0.2, -0.15) is 0 Å². The summed E-state index contributed by atoms with van der Waals surface area (Å²) in [6.45, 7) is 0.496. The lowest BCUT2D eigenvalue weighted by Gasteiger charge is -2.27. The fraction of sp³-hybridized carbons (Fsp3) is 0.440. The third-order valence-corrected chi connectivity index (χ3v) is 6.58. The number of amides is 3. The lowest BCUT2D eigenvalue weighted by Crippen LogP contribution is -2.50. The second-order valence-corrected chi connectivity index (χ2v) is 9.02. The molecule has 1 saturated carbocycles. The Labute approximate surface area is 196 Å². The molecular weight excluding hydrogens is 439 g/mol. The Bertz CT molecular complexity index is 1120. The van der Waals surface area contributed by atoms with Gasteiger partial charge in [-0.05, 0) is 43.0 Å². The van der Waals surface area contributed by atoms with E-state index in [1.165, 1.54) is 18.2 Å². The second kappa shape index (κ2) is 10.6. The van der Waals surface area contributed by atoms with Crippen LogP contribution in [0.2, 0.25) is 0 Å². The van der Waals surface area contributed by atoms with E-state index in [0.717, 1.165) is 32.1 Å². The van der Waals surface area contributed by atoms with E-state index in [-0.39, 0.29) is 17.5 Å². The van der Waals surface area contributed by atoms with Crippen molar-refractivity contribution in [3.05, 3.63) is 47.4 Å². The Balaban J connectivity index is 1.50. The van der Waals surface area contributed by atoms with Crippen LogP contribution >= 0.6 is 0 Å². The molecule has 1 aromatic heterocycles. The molecule has 2 aliphatic rings. The zero-order valence-corrected chi connectivity index (χ0v) is 18.9. The van der Waals surface area contributed by atoms with Crippen LogP contribution in [0.15, 0.2) is 35.9 Å². The van der Waals surface area contributed by atoms with Crippen molar-refractivity contribution < 1.29 is 23.6 Å². The van der Waals surface area contributed by atoms with Crippen molar-refractivity contribution in [1.82, 2.24) is 20.9 Å². The van der Waals surface area contributed by atoms with E-state index < -0.39 is 29.7 Å². The van der Waals surface area contributed by atoms with Crippen molar-refractivity contribution in [1.29, 1.82) is 0 Å². The highest BCUT2D eigenvalue weighted by Crippen LogP contribution is 2.28. The van der Waals surface area contributed by atoms with E-state index >= 15 is 0 Å². The van der Waals surface area contributed by atoms with Crippen molar-refractivity contribution >= 4 is 34.9 Å². The first-order chi connectivity index (χ1) is 16.4. The summed E-state index contributed by atoms with van der Waals surface area (Å²) in [6.07, 6.45) is 8.19. The quantitative estimate of drug-likeness (QED) is 0.351. The highest BCUT2D eigenvalue weighted by Gasteiger charge is 2.28. The highest BCUT2D eigenvalue weighted by atomic mass is 19.1. The number of carbonyl (C=O) groups excluding carboxylic acids is 4. The maximum atomic E-state index is 14.1. The predicted octanol–water partition coefficient (Wildman–Crippen LogP) is 2.51. The average Bonchev–Trinajstić information content (AvgIpc) is 3.46. The summed E-state index contributed by atoms with van der Waals surface area (Å²) < 4.78 is 14.1. The number of hydrogen-bond acceptors (Lipinski definition) is 4. The fourth-order valence-electron chi connectivity index (χ4n) is 4.76. The van der Waals surface area contributed by atoms with Gasteiger partial charge in [-0.3, -0.25) is 14.4 Å². The molecule has 8 nitrogen and oxygen atoms in total. The molecule has 2 heterocycles. The zero-order valence-electron chi connectivity index (χ0n) is 18.9. The summed E-state index contributed by atoms with van der Waals surface area (Å²) in [6, 6.07) is 4.11. The van der Waals surface area contributed by atoms with E-state index in [4.69, 9.17) is 0 Å². The minimum absolute atomic E-state index is 0.151. The topological polar surface area (TPSA) is 120 Å². The van der Waals surface area contributed by atoms with Gasteiger partial charge in [-0.15, -0.1) is 0 Å². The largest absolute Gasteiger partial charge is 0.352 e. The first-order valence-electron chi connectivity index (χ1n) is 11.8. The molecule has 0 unspecified atom stereocenters. The number of rotatable bonds is 8. The van der Waals surface area contributed by atoms with E-state index in [1.807, 2.05) is 0 Å². The van der Waals surface area contributed by atoms with Crippen LogP contribution < -0.4 is 16.0 Å². The highest BCUT2D eigenvalue weighted by molar-refractivity contribution is 6.01. The van der Waals surface area contributed by atoms with Crippen LogP contribution in [0, 0.1) is 11.7 Å². The van der Waals surface area contributed by atoms with Gasteiger partial charge in [-0.1, -0.05) is 38.2 Å². The van der Waals surface area contributed by atoms with Crippen LogP contribution in [0.25, 0.3) is 10.9 Å². The van der Waals surface area contributed by atoms with Crippen LogP contribution in [0.4, 0.5) is 4.39 Å². The van der Waals surface area contributed by atoms with Gasteiger partial charge in [0.1, 0.15) is 29.9 Å². The van der Waals surface area contributed by atoms with E-state index in [1.54, 1.807) is 12.1 Å². The molecule has 1 aliphatic heterocycles. The minimum atomic E-state index is -0.973. The van der Waals surface area contributed by atoms with Crippen molar-refractivity contribution in [3.8, 4) is 0 Å². The van der Waals surface area contributed by atoms with Crippen LogP contribution in [0.3, 0.4) is 0 Å². The molecule has 180 valence electrons. The number of H-pyrrole nitrogens is 1.